The highest BCUT2D eigenvalue weighted by molar-refractivity contribution is 14.1. The van der Waals surface area contributed by atoms with Gasteiger partial charge in [-0.25, -0.2) is 4.79 Å². The topological polar surface area (TPSA) is 66.4 Å². The van der Waals surface area contributed by atoms with E-state index in [4.69, 9.17) is 0 Å². The van der Waals surface area contributed by atoms with Crippen molar-refractivity contribution in [1.29, 1.82) is 0 Å². The number of amides is 1. The minimum atomic E-state index is -1.10. The molecule has 0 aromatic heterocycles. The summed E-state index contributed by atoms with van der Waals surface area (Å²) >= 11 is 8.63. The fourth-order valence-electron chi connectivity index (χ4n) is 1.66. The van der Waals surface area contributed by atoms with Gasteiger partial charge in [0.05, 0.1) is 16.8 Å². The third kappa shape index (κ3) is 4.04. The van der Waals surface area contributed by atoms with Gasteiger partial charge in [-0.1, -0.05) is 15.9 Å². The molecule has 0 bridgehead atoms. The molecule has 0 aliphatic carbocycles. The number of benzene rings is 2. The van der Waals surface area contributed by atoms with Crippen LogP contribution in [0.2, 0.25) is 0 Å². The van der Waals surface area contributed by atoms with Crippen LogP contribution >= 0.6 is 54.5 Å². The van der Waals surface area contributed by atoms with Crippen molar-refractivity contribution in [3.05, 3.63) is 60.0 Å². The number of carboxylic acid groups (broad SMARTS) is 1. The number of nitrogens with one attached hydrogen (secondary N) is 1. The first-order chi connectivity index (χ1) is 9.88. The Morgan fingerprint density at radius 2 is 1.76 bits per heavy atom. The Labute approximate surface area is 151 Å². The van der Waals surface area contributed by atoms with Gasteiger partial charge in [0.25, 0.3) is 5.91 Å². The molecule has 0 atom stereocenters. The zero-order valence-corrected chi connectivity index (χ0v) is 15.7. The van der Waals surface area contributed by atoms with Crippen molar-refractivity contribution in [2.75, 3.05) is 5.32 Å². The number of carboxylic acids is 1. The average Bonchev–Trinajstić information content (AvgIpc) is 2.43. The monoisotopic (exact) mass is 523 g/mol. The number of hydrogen-bond acceptors (Lipinski definition) is 2. The van der Waals surface area contributed by atoms with Crippen LogP contribution in [0.4, 0.5) is 5.69 Å². The number of aromatic carboxylic acids is 1. The molecular weight excluding hydrogens is 517 g/mol. The number of halogens is 3. The molecule has 0 saturated carbocycles. The number of carbonyl (C=O) groups excluding carboxylic acids is 1. The zero-order chi connectivity index (χ0) is 15.6. The summed E-state index contributed by atoms with van der Waals surface area (Å²) in [5, 5.41) is 11.8. The average molecular weight is 525 g/mol. The molecule has 0 radical (unpaired) electrons. The predicted octanol–water partition coefficient (Wildman–Crippen LogP) is 4.77. The highest BCUT2D eigenvalue weighted by atomic mass is 127. The Balaban J connectivity index is 2.36. The molecule has 0 unspecified atom stereocenters. The van der Waals surface area contributed by atoms with Crippen molar-refractivity contribution >= 4 is 72.0 Å². The number of anilines is 1. The summed E-state index contributed by atoms with van der Waals surface area (Å²) in [7, 11) is 0. The summed E-state index contributed by atoms with van der Waals surface area (Å²) in [6.45, 7) is 0. The molecule has 2 rings (SSSR count). The van der Waals surface area contributed by atoms with Gasteiger partial charge in [0.1, 0.15) is 0 Å². The lowest BCUT2D eigenvalue weighted by Gasteiger charge is -2.10. The molecule has 0 heterocycles. The van der Waals surface area contributed by atoms with Gasteiger partial charge in [0, 0.05) is 12.5 Å². The molecule has 0 spiro atoms. The van der Waals surface area contributed by atoms with Gasteiger partial charge in [-0.15, -0.1) is 0 Å². The fraction of sp³-hybridized carbons (Fsp3) is 0. The lowest BCUT2D eigenvalue weighted by molar-refractivity contribution is 0.0698. The van der Waals surface area contributed by atoms with Crippen molar-refractivity contribution < 1.29 is 14.7 Å². The molecule has 4 nitrogen and oxygen atoms in total. The van der Waals surface area contributed by atoms with Crippen LogP contribution in [-0.2, 0) is 0 Å². The van der Waals surface area contributed by atoms with Crippen LogP contribution in [0.1, 0.15) is 20.7 Å². The van der Waals surface area contributed by atoms with Crippen molar-refractivity contribution in [3.63, 3.8) is 0 Å². The first-order valence-electron chi connectivity index (χ1n) is 5.67. The molecule has 108 valence electrons. The van der Waals surface area contributed by atoms with E-state index in [0.29, 0.717) is 14.5 Å². The second-order valence-electron chi connectivity index (χ2n) is 4.07. The van der Waals surface area contributed by atoms with E-state index < -0.39 is 5.97 Å². The van der Waals surface area contributed by atoms with Gasteiger partial charge in [-0.3, -0.25) is 4.79 Å². The smallest absolute Gasteiger partial charge is 0.337 e. The Hall–Kier alpha value is -0.930. The highest BCUT2D eigenvalue weighted by Crippen LogP contribution is 2.24. The molecule has 2 aromatic rings. The molecule has 0 fully saturated rings. The largest absolute Gasteiger partial charge is 0.478 e. The number of hydrogen-bond donors (Lipinski definition) is 2. The second-order valence-corrected chi connectivity index (χ2v) is 7.09. The summed E-state index contributed by atoms with van der Waals surface area (Å²) < 4.78 is 2.19. The maximum absolute atomic E-state index is 12.3. The van der Waals surface area contributed by atoms with Crippen LogP contribution in [0.3, 0.4) is 0 Å². The Kier molecular flexibility index (Phi) is 5.39. The molecule has 0 aliphatic heterocycles. The molecule has 0 saturated heterocycles. The van der Waals surface area contributed by atoms with Crippen molar-refractivity contribution in [2.24, 2.45) is 0 Å². The molecule has 1 amide bonds. The van der Waals surface area contributed by atoms with Gasteiger partial charge < -0.3 is 10.4 Å². The minimum absolute atomic E-state index is 0.0273. The molecule has 2 aromatic carbocycles. The van der Waals surface area contributed by atoms with Gasteiger partial charge in [0.15, 0.2) is 0 Å². The van der Waals surface area contributed by atoms with E-state index in [1.807, 2.05) is 6.07 Å². The maximum atomic E-state index is 12.3. The molecule has 2 N–H and O–H groups in total. The Morgan fingerprint density at radius 1 is 1.05 bits per heavy atom. The summed E-state index contributed by atoms with van der Waals surface area (Å²) in [6, 6.07) is 10.0. The van der Waals surface area contributed by atoms with Crippen molar-refractivity contribution in [2.45, 2.75) is 0 Å². The third-order valence-electron chi connectivity index (χ3n) is 2.63. The second kappa shape index (κ2) is 6.89. The van der Waals surface area contributed by atoms with E-state index in [0.717, 1.165) is 3.57 Å². The maximum Gasteiger partial charge on any atom is 0.337 e. The van der Waals surface area contributed by atoms with Gasteiger partial charge in [-0.05, 0) is 74.9 Å². The summed E-state index contributed by atoms with van der Waals surface area (Å²) in [5.41, 5.74) is 0.724. The highest BCUT2D eigenvalue weighted by Gasteiger charge is 2.16. The minimum Gasteiger partial charge on any atom is -0.478 e. The van der Waals surface area contributed by atoms with E-state index in [-0.39, 0.29) is 17.2 Å². The van der Waals surface area contributed by atoms with E-state index in [9.17, 15) is 14.7 Å². The van der Waals surface area contributed by atoms with Crippen molar-refractivity contribution in [1.82, 2.24) is 0 Å². The molecule has 0 aliphatic rings. The number of rotatable bonds is 3. The SMILES string of the molecule is O=C(Nc1ccc(Br)cc1C(=O)O)c1cc(I)ccc1Br. The van der Waals surface area contributed by atoms with E-state index in [1.165, 1.54) is 6.07 Å². The Bertz CT molecular complexity index is 734. The van der Waals surface area contributed by atoms with Crippen LogP contribution in [0.15, 0.2) is 45.3 Å². The van der Waals surface area contributed by atoms with Gasteiger partial charge >= 0.3 is 5.97 Å². The van der Waals surface area contributed by atoms with Gasteiger partial charge in [0.2, 0.25) is 0 Å². The first kappa shape index (κ1) is 16.4. The fourth-order valence-corrected chi connectivity index (χ4v) is 2.94. The predicted molar refractivity (Wildman–Crippen MR) is 95.9 cm³/mol. The Morgan fingerprint density at radius 3 is 2.43 bits per heavy atom. The molecule has 7 heteroatoms. The molecule has 21 heavy (non-hydrogen) atoms. The van der Waals surface area contributed by atoms with Crippen LogP contribution in [0, 0.1) is 3.57 Å². The first-order valence-corrected chi connectivity index (χ1v) is 8.34. The standard InChI is InChI=1S/C14H8Br2INO3/c15-7-1-4-12(10(5-7)14(20)21)18-13(19)9-6-8(17)2-3-11(9)16/h1-6H,(H,18,19)(H,20,21). The van der Waals surface area contributed by atoms with Crippen LogP contribution < -0.4 is 5.32 Å². The summed E-state index contributed by atoms with van der Waals surface area (Å²) in [6.07, 6.45) is 0. The third-order valence-corrected chi connectivity index (χ3v) is 4.49. The van der Waals surface area contributed by atoms with Crippen LogP contribution in [-0.4, -0.2) is 17.0 Å². The van der Waals surface area contributed by atoms with E-state index in [1.54, 1.807) is 24.3 Å². The quantitative estimate of drug-likeness (QED) is 0.569. The van der Waals surface area contributed by atoms with E-state index in [2.05, 4.69) is 59.8 Å². The van der Waals surface area contributed by atoms with Gasteiger partial charge in [-0.2, -0.15) is 0 Å². The van der Waals surface area contributed by atoms with Crippen LogP contribution in [0.25, 0.3) is 0 Å². The lowest BCUT2D eigenvalue weighted by Crippen LogP contribution is -2.15. The lowest BCUT2D eigenvalue weighted by atomic mass is 10.1. The summed E-state index contributed by atoms with van der Waals surface area (Å²) in [4.78, 5) is 23.5. The molecular formula is C14H8Br2INO3. The van der Waals surface area contributed by atoms with Crippen molar-refractivity contribution in [3.8, 4) is 0 Å². The zero-order valence-electron chi connectivity index (χ0n) is 10.4. The van der Waals surface area contributed by atoms with Crippen LogP contribution in [0.5, 0.6) is 0 Å². The van der Waals surface area contributed by atoms with E-state index >= 15 is 0 Å². The number of carbonyl (C=O) groups is 2. The normalized spacial score (nSPS) is 10.2. The summed E-state index contributed by atoms with van der Waals surface area (Å²) in [5.74, 6) is -1.47.